The smallest absolute Gasteiger partial charge is 0.262 e. The first-order chi connectivity index (χ1) is 11.7. The predicted octanol–water partition coefficient (Wildman–Crippen LogP) is 3.49. The maximum absolute atomic E-state index is 12.7. The molecule has 0 heterocycles. The molecule has 6 heteroatoms. The van der Waals surface area contributed by atoms with Crippen LogP contribution in [-0.4, -0.2) is 20.9 Å². The summed E-state index contributed by atoms with van der Waals surface area (Å²) in [5.74, 6) is 0.0429. The summed E-state index contributed by atoms with van der Waals surface area (Å²) in [6.45, 7) is 8.13. The van der Waals surface area contributed by atoms with E-state index < -0.39 is 10.0 Å². The van der Waals surface area contributed by atoms with Crippen molar-refractivity contribution in [2.24, 2.45) is 5.92 Å². The van der Waals surface area contributed by atoms with Gasteiger partial charge in [-0.1, -0.05) is 32.0 Å². The molecule has 0 saturated heterocycles. The third kappa shape index (κ3) is 5.06. The molecule has 2 aromatic carbocycles. The van der Waals surface area contributed by atoms with Crippen molar-refractivity contribution in [3.63, 3.8) is 0 Å². The van der Waals surface area contributed by atoms with Crippen LogP contribution in [0.1, 0.15) is 35.3 Å². The monoisotopic (exact) mass is 360 g/mol. The second kappa shape index (κ2) is 7.70. The molecule has 2 rings (SSSR count). The second-order valence-electron chi connectivity index (χ2n) is 6.56. The van der Waals surface area contributed by atoms with E-state index in [1.165, 1.54) is 6.07 Å². The highest BCUT2D eigenvalue weighted by Gasteiger charge is 2.19. The molecular formula is C19H24N2O3S. The fraction of sp³-hybridized carbons (Fsp3) is 0.316. The van der Waals surface area contributed by atoms with Gasteiger partial charge in [0.05, 0.1) is 4.90 Å². The lowest BCUT2D eigenvalue weighted by Gasteiger charge is -2.13. The number of anilines is 1. The van der Waals surface area contributed by atoms with Gasteiger partial charge in [0.15, 0.2) is 0 Å². The van der Waals surface area contributed by atoms with E-state index in [1.807, 2.05) is 26.8 Å². The number of carbonyl (C=O) groups is 1. The molecule has 1 amide bonds. The van der Waals surface area contributed by atoms with Gasteiger partial charge in [0.25, 0.3) is 15.9 Å². The molecule has 2 N–H and O–H groups in total. The van der Waals surface area contributed by atoms with Gasteiger partial charge < -0.3 is 5.32 Å². The fourth-order valence-electron chi connectivity index (χ4n) is 2.35. The van der Waals surface area contributed by atoms with Gasteiger partial charge in [-0.3, -0.25) is 9.52 Å². The van der Waals surface area contributed by atoms with Crippen LogP contribution in [0, 0.1) is 19.8 Å². The first-order valence-electron chi connectivity index (χ1n) is 8.17. The number of sulfonamides is 1. The van der Waals surface area contributed by atoms with Crippen LogP contribution in [0.25, 0.3) is 0 Å². The molecule has 0 fully saturated rings. The first-order valence-corrected chi connectivity index (χ1v) is 9.65. The molecule has 0 spiro atoms. The lowest BCUT2D eigenvalue weighted by atomic mass is 10.1. The molecule has 0 aliphatic rings. The average molecular weight is 360 g/mol. The van der Waals surface area contributed by atoms with E-state index in [0.717, 1.165) is 5.56 Å². The number of benzene rings is 2. The highest BCUT2D eigenvalue weighted by Crippen LogP contribution is 2.21. The molecule has 0 unspecified atom stereocenters. The van der Waals surface area contributed by atoms with E-state index in [1.54, 1.807) is 37.3 Å². The molecular weight excluding hydrogens is 336 g/mol. The Bertz CT molecular complexity index is 874. The Morgan fingerprint density at radius 3 is 2.44 bits per heavy atom. The van der Waals surface area contributed by atoms with E-state index in [9.17, 15) is 13.2 Å². The summed E-state index contributed by atoms with van der Waals surface area (Å²) in [4.78, 5) is 12.3. The van der Waals surface area contributed by atoms with Gasteiger partial charge in [0.1, 0.15) is 0 Å². The molecule has 0 aliphatic heterocycles. The van der Waals surface area contributed by atoms with Gasteiger partial charge >= 0.3 is 0 Å². The Morgan fingerprint density at radius 1 is 1.08 bits per heavy atom. The summed E-state index contributed by atoms with van der Waals surface area (Å²) in [6, 6.07) is 11.8. The molecule has 5 nitrogen and oxygen atoms in total. The van der Waals surface area contributed by atoms with Crippen molar-refractivity contribution in [3.8, 4) is 0 Å². The average Bonchev–Trinajstić information content (AvgIpc) is 2.52. The fourth-order valence-corrected chi connectivity index (χ4v) is 3.67. The van der Waals surface area contributed by atoms with Crippen LogP contribution in [0.2, 0.25) is 0 Å². The van der Waals surface area contributed by atoms with Gasteiger partial charge in [-0.15, -0.1) is 0 Å². The Balaban J connectivity index is 2.30. The van der Waals surface area contributed by atoms with Crippen LogP contribution in [0.5, 0.6) is 0 Å². The Kier molecular flexibility index (Phi) is 5.85. The Hall–Kier alpha value is -2.34. The van der Waals surface area contributed by atoms with Gasteiger partial charge in [-0.2, -0.15) is 0 Å². The van der Waals surface area contributed by atoms with Crippen LogP contribution in [0.3, 0.4) is 0 Å². The lowest BCUT2D eigenvalue weighted by molar-refractivity contribution is 0.0949. The van der Waals surface area contributed by atoms with Crippen molar-refractivity contribution >= 4 is 21.6 Å². The van der Waals surface area contributed by atoms with Crippen molar-refractivity contribution in [1.29, 1.82) is 0 Å². The summed E-state index contributed by atoms with van der Waals surface area (Å²) in [7, 11) is -3.78. The third-order valence-electron chi connectivity index (χ3n) is 3.68. The second-order valence-corrected chi connectivity index (χ2v) is 8.21. The number of nitrogens with one attached hydrogen (secondary N) is 2. The molecule has 0 aromatic heterocycles. The van der Waals surface area contributed by atoms with Crippen LogP contribution in [0.4, 0.5) is 5.69 Å². The maximum atomic E-state index is 12.7. The lowest BCUT2D eigenvalue weighted by Crippen LogP contribution is -2.27. The Morgan fingerprint density at radius 2 is 1.80 bits per heavy atom. The van der Waals surface area contributed by atoms with Gasteiger partial charge in [-0.25, -0.2) is 8.42 Å². The van der Waals surface area contributed by atoms with E-state index in [-0.39, 0.29) is 10.8 Å². The van der Waals surface area contributed by atoms with Gasteiger partial charge in [-0.05, 0) is 55.2 Å². The number of hydrogen-bond donors (Lipinski definition) is 2. The van der Waals surface area contributed by atoms with Crippen LogP contribution in [0.15, 0.2) is 47.4 Å². The number of aryl methyl sites for hydroxylation is 2. The molecule has 0 radical (unpaired) electrons. The van der Waals surface area contributed by atoms with Crippen molar-refractivity contribution < 1.29 is 13.2 Å². The molecule has 2 aromatic rings. The predicted molar refractivity (Wildman–Crippen MR) is 100 cm³/mol. The van der Waals surface area contributed by atoms with Crippen LogP contribution in [-0.2, 0) is 10.0 Å². The number of hydrogen-bond acceptors (Lipinski definition) is 3. The highest BCUT2D eigenvalue weighted by atomic mass is 32.2. The SMILES string of the molecule is Cc1cccc(NS(=O)(=O)c2cc(C(=O)NCC(C)C)ccc2C)c1. The number of carbonyl (C=O) groups excluding carboxylic acids is 1. The normalized spacial score (nSPS) is 11.4. The van der Waals surface area contributed by atoms with E-state index >= 15 is 0 Å². The zero-order valence-electron chi connectivity index (χ0n) is 15.0. The molecule has 0 atom stereocenters. The Labute approximate surface area is 149 Å². The summed E-state index contributed by atoms with van der Waals surface area (Å²) in [6.07, 6.45) is 0. The van der Waals surface area contributed by atoms with Crippen molar-refractivity contribution in [2.45, 2.75) is 32.6 Å². The van der Waals surface area contributed by atoms with Gasteiger partial charge in [0.2, 0.25) is 0 Å². The van der Waals surface area contributed by atoms with Crippen LogP contribution < -0.4 is 10.0 Å². The maximum Gasteiger partial charge on any atom is 0.262 e. The molecule has 0 bridgehead atoms. The number of amides is 1. The zero-order valence-corrected chi connectivity index (χ0v) is 15.8. The summed E-state index contributed by atoms with van der Waals surface area (Å²) in [5, 5.41) is 2.80. The number of rotatable bonds is 6. The van der Waals surface area contributed by atoms with Crippen molar-refractivity contribution in [3.05, 3.63) is 59.2 Å². The summed E-state index contributed by atoms with van der Waals surface area (Å²) in [5.41, 5.74) is 2.37. The minimum Gasteiger partial charge on any atom is -0.352 e. The van der Waals surface area contributed by atoms with Crippen molar-refractivity contribution in [2.75, 3.05) is 11.3 Å². The third-order valence-corrected chi connectivity index (χ3v) is 5.20. The molecule has 134 valence electrons. The van der Waals surface area contributed by atoms with Gasteiger partial charge in [0, 0.05) is 17.8 Å². The largest absolute Gasteiger partial charge is 0.352 e. The van der Waals surface area contributed by atoms with E-state index in [4.69, 9.17) is 0 Å². The molecule has 0 aliphatic carbocycles. The highest BCUT2D eigenvalue weighted by molar-refractivity contribution is 7.92. The van der Waals surface area contributed by atoms with E-state index in [2.05, 4.69) is 10.0 Å². The van der Waals surface area contributed by atoms with E-state index in [0.29, 0.717) is 29.3 Å². The quantitative estimate of drug-likeness (QED) is 0.828. The zero-order chi connectivity index (χ0) is 18.6. The van der Waals surface area contributed by atoms with Crippen LogP contribution >= 0.6 is 0 Å². The summed E-state index contributed by atoms with van der Waals surface area (Å²) < 4.78 is 28.0. The molecule has 0 saturated carbocycles. The standard InChI is InChI=1S/C19H24N2O3S/c1-13(2)12-20-19(22)16-9-8-15(4)18(11-16)25(23,24)21-17-7-5-6-14(3)10-17/h5-11,13,21H,12H2,1-4H3,(H,20,22). The topological polar surface area (TPSA) is 75.3 Å². The summed E-state index contributed by atoms with van der Waals surface area (Å²) >= 11 is 0. The first kappa shape index (κ1) is 19.0. The minimum absolute atomic E-state index is 0.103. The molecule has 25 heavy (non-hydrogen) atoms. The minimum atomic E-state index is -3.78. The van der Waals surface area contributed by atoms with Crippen molar-refractivity contribution in [1.82, 2.24) is 5.32 Å².